The molecule has 1 aliphatic heterocycles. The molecule has 1 aromatic heterocycles. The van der Waals surface area contributed by atoms with Gasteiger partial charge in [-0.2, -0.15) is 4.98 Å². The van der Waals surface area contributed by atoms with Gasteiger partial charge in [-0.3, -0.25) is 4.90 Å². The second-order valence-electron chi connectivity index (χ2n) is 7.80. The fourth-order valence-corrected chi connectivity index (χ4v) is 4.92. The van der Waals surface area contributed by atoms with E-state index in [2.05, 4.69) is 15.2 Å². The molecule has 0 amide bonds. The molecule has 10 heteroatoms. The summed E-state index contributed by atoms with van der Waals surface area (Å²) >= 11 is 0. The Balaban J connectivity index is 1.57. The van der Waals surface area contributed by atoms with E-state index in [0.29, 0.717) is 24.5 Å². The van der Waals surface area contributed by atoms with E-state index in [1.807, 2.05) is 6.92 Å². The van der Waals surface area contributed by atoms with Gasteiger partial charge >= 0.3 is 0 Å². The summed E-state index contributed by atoms with van der Waals surface area (Å²) in [6.07, 6.45) is 0.787. The highest BCUT2D eigenvalue weighted by Gasteiger charge is 2.28. The molecule has 0 atom stereocenters. The second kappa shape index (κ2) is 11.0. The van der Waals surface area contributed by atoms with Crippen molar-refractivity contribution in [3.05, 3.63) is 54.3 Å². The molecule has 0 aliphatic carbocycles. The van der Waals surface area contributed by atoms with Crippen LogP contribution in [0.2, 0.25) is 0 Å². The van der Waals surface area contributed by atoms with Gasteiger partial charge < -0.3 is 19.2 Å². The number of oxazole rings is 1. The van der Waals surface area contributed by atoms with E-state index in [1.54, 1.807) is 24.3 Å². The highest BCUT2D eigenvalue weighted by Crippen LogP contribution is 2.33. The summed E-state index contributed by atoms with van der Waals surface area (Å²) in [5, 5.41) is 2.87. The lowest BCUT2D eigenvalue weighted by Gasteiger charge is -2.26. The Morgan fingerprint density at radius 1 is 1.09 bits per heavy atom. The molecule has 0 saturated carbocycles. The van der Waals surface area contributed by atoms with E-state index in [4.69, 9.17) is 13.9 Å². The Morgan fingerprint density at radius 2 is 1.79 bits per heavy atom. The van der Waals surface area contributed by atoms with Crippen molar-refractivity contribution in [2.45, 2.75) is 23.3 Å². The summed E-state index contributed by atoms with van der Waals surface area (Å²) in [6.45, 7) is 7.00. The zero-order chi connectivity index (χ0) is 24.0. The molecule has 2 aromatic carbocycles. The predicted octanol–water partition coefficient (Wildman–Crippen LogP) is 3.85. The number of anilines is 1. The summed E-state index contributed by atoms with van der Waals surface area (Å²) in [5.74, 6) is 0.406. The fraction of sp³-hybridized carbons (Fsp3) is 0.375. The number of hydrogen-bond donors (Lipinski definition) is 1. The van der Waals surface area contributed by atoms with E-state index < -0.39 is 15.7 Å². The van der Waals surface area contributed by atoms with Crippen LogP contribution < -0.4 is 10.1 Å². The maximum atomic E-state index is 13.4. The molecule has 4 rings (SSSR count). The number of hydrogen-bond acceptors (Lipinski definition) is 8. The number of morpholine rings is 1. The zero-order valence-corrected chi connectivity index (χ0v) is 19.8. The highest BCUT2D eigenvalue weighted by molar-refractivity contribution is 7.91. The molecule has 1 N–H and O–H groups in total. The van der Waals surface area contributed by atoms with Crippen LogP contribution in [-0.4, -0.2) is 64.3 Å². The minimum Gasteiger partial charge on any atom is -0.494 e. The highest BCUT2D eigenvalue weighted by atomic mass is 32.2. The topological polar surface area (TPSA) is 93.9 Å². The SMILES string of the molecule is CCOc1ccc(-c2nc(S(=O)(=O)c3ccc(F)cc3)c(NCCCN3CCOCC3)o2)cc1. The lowest BCUT2D eigenvalue weighted by molar-refractivity contribution is 0.0378. The number of rotatable bonds is 10. The molecule has 2 heterocycles. The summed E-state index contributed by atoms with van der Waals surface area (Å²) < 4.78 is 56.7. The smallest absolute Gasteiger partial charge is 0.233 e. The first kappa shape index (κ1) is 24.2. The van der Waals surface area contributed by atoms with Crippen molar-refractivity contribution in [1.82, 2.24) is 9.88 Å². The number of benzene rings is 2. The van der Waals surface area contributed by atoms with Crippen molar-refractivity contribution in [1.29, 1.82) is 0 Å². The number of nitrogens with one attached hydrogen (secondary N) is 1. The zero-order valence-electron chi connectivity index (χ0n) is 19.0. The van der Waals surface area contributed by atoms with Crippen LogP contribution in [0, 0.1) is 5.82 Å². The van der Waals surface area contributed by atoms with Gasteiger partial charge in [0.1, 0.15) is 11.6 Å². The molecule has 8 nitrogen and oxygen atoms in total. The van der Waals surface area contributed by atoms with E-state index in [1.165, 1.54) is 12.1 Å². The van der Waals surface area contributed by atoms with Gasteiger partial charge in [-0.25, -0.2) is 12.8 Å². The molecule has 1 aliphatic rings. The molecule has 0 unspecified atom stereocenters. The number of aromatic nitrogens is 1. The fourth-order valence-electron chi connectivity index (χ4n) is 3.64. The maximum absolute atomic E-state index is 13.4. The summed E-state index contributed by atoms with van der Waals surface area (Å²) in [5.41, 5.74) is 0.611. The molecule has 0 radical (unpaired) electrons. The van der Waals surface area contributed by atoms with Crippen molar-refractivity contribution in [3.63, 3.8) is 0 Å². The van der Waals surface area contributed by atoms with Crippen molar-refractivity contribution < 1.29 is 26.7 Å². The van der Waals surface area contributed by atoms with E-state index >= 15 is 0 Å². The van der Waals surface area contributed by atoms with Gasteiger partial charge in [-0.05, 0) is 68.4 Å². The third-order valence-corrected chi connectivity index (χ3v) is 7.11. The molecule has 0 spiro atoms. The van der Waals surface area contributed by atoms with Gasteiger partial charge in [0.15, 0.2) is 0 Å². The van der Waals surface area contributed by atoms with Crippen LogP contribution in [0.4, 0.5) is 10.3 Å². The van der Waals surface area contributed by atoms with Crippen LogP contribution >= 0.6 is 0 Å². The molecule has 182 valence electrons. The molecular weight excluding hydrogens is 461 g/mol. The third-order valence-electron chi connectivity index (χ3n) is 5.43. The normalized spacial score (nSPS) is 14.8. The van der Waals surface area contributed by atoms with Crippen molar-refractivity contribution in [2.75, 3.05) is 51.3 Å². The standard InChI is InChI=1S/C24H28FN3O5S/c1-2-32-20-8-4-18(5-9-20)22-27-24(34(29,30)21-10-6-19(25)7-11-21)23(33-22)26-12-3-13-28-14-16-31-17-15-28/h4-11,26H,2-3,12-17H2,1H3. The summed E-state index contributed by atoms with van der Waals surface area (Å²) in [7, 11) is -4.03. The predicted molar refractivity (Wildman–Crippen MR) is 125 cm³/mol. The van der Waals surface area contributed by atoms with Gasteiger partial charge in [-0.1, -0.05) is 0 Å². The van der Waals surface area contributed by atoms with Crippen LogP contribution in [0.1, 0.15) is 13.3 Å². The molecule has 0 bridgehead atoms. The van der Waals surface area contributed by atoms with Crippen LogP contribution in [0.5, 0.6) is 5.75 Å². The van der Waals surface area contributed by atoms with Crippen LogP contribution in [-0.2, 0) is 14.6 Å². The molecule has 1 saturated heterocycles. The number of nitrogens with zero attached hydrogens (tertiary/aromatic N) is 2. The first-order valence-corrected chi connectivity index (χ1v) is 12.7. The van der Waals surface area contributed by atoms with Crippen LogP contribution in [0.25, 0.3) is 11.5 Å². The van der Waals surface area contributed by atoms with E-state index in [-0.39, 0.29) is 21.7 Å². The molecule has 3 aromatic rings. The van der Waals surface area contributed by atoms with Crippen LogP contribution in [0.3, 0.4) is 0 Å². The van der Waals surface area contributed by atoms with Crippen molar-refractivity contribution >= 4 is 15.7 Å². The van der Waals surface area contributed by atoms with Gasteiger partial charge in [0, 0.05) is 25.2 Å². The Bertz CT molecular complexity index is 1170. The first-order chi connectivity index (χ1) is 16.5. The minimum atomic E-state index is -4.03. The van der Waals surface area contributed by atoms with Gasteiger partial charge in [0.25, 0.3) is 0 Å². The molecule has 1 fully saturated rings. The van der Waals surface area contributed by atoms with Gasteiger partial charge in [0.05, 0.1) is 24.7 Å². The van der Waals surface area contributed by atoms with Crippen molar-refractivity contribution in [2.24, 2.45) is 0 Å². The monoisotopic (exact) mass is 489 g/mol. The molecule has 34 heavy (non-hydrogen) atoms. The Kier molecular flexibility index (Phi) is 7.81. The first-order valence-electron chi connectivity index (χ1n) is 11.3. The van der Waals surface area contributed by atoms with E-state index in [9.17, 15) is 12.8 Å². The summed E-state index contributed by atoms with van der Waals surface area (Å²) in [6, 6.07) is 11.7. The number of ether oxygens (including phenoxy) is 2. The third kappa shape index (κ3) is 5.75. The molecular formula is C24H28FN3O5S. The summed E-state index contributed by atoms with van der Waals surface area (Å²) in [4.78, 5) is 6.56. The largest absolute Gasteiger partial charge is 0.494 e. The average Bonchev–Trinajstić information content (AvgIpc) is 3.29. The quantitative estimate of drug-likeness (QED) is 0.339. The maximum Gasteiger partial charge on any atom is 0.233 e. The number of halogens is 1. The van der Waals surface area contributed by atoms with E-state index in [0.717, 1.165) is 51.4 Å². The van der Waals surface area contributed by atoms with Crippen molar-refractivity contribution in [3.8, 4) is 17.2 Å². The van der Waals surface area contributed by atoms with Gasteiger partial charge in [0.2, 0.25) is 26.6 Å². The Morgan fingerprint density at radius 3 is 2.47 bits per heavy atom. The number of sulfone groups is 1. The lowest BCUT2D eigenvalue weighted by Crippen LogP contribution is -2.37. The Hall–Kier alpha value is -2.95. The lowest BCUT2D eigenvalue weighted by atomic mass is 10.2. The second-order valence-corrected chi connectivity index (χ2v) is 9.67. The van der Waals surface area contributed by atoms with Gasteiger partial charge in [-0.15, -0.1) is 0 Å². The Labute approximate surface area is 198 Å². The average molecular weight is 490 g/mol. The minimum absolute atomic E-state index is 0.0585. The van der Waals surface area contributed by atoms with Crippen LogP contribution in [0.15, 0.2) is 62.9 Å².